The first-order valence-corrected chi connectivity index (χ1v) is 19.9. The van der Waals surface area contributed by atoms with Crippen LogP contribution in [-0.2, 0) is 4.79 Å². The summed E-state index contributed by atoms with van der Waals surface area (Å²) >= 11 is 0. The van der Waals surface area contributed by atoms with Gasteiger partial charge in [0.15, 0.2) is 0 Å². The van der Waals surface area contributed by atoms with E-state index in [0.717, 1.165) is 18.9 Å². The summed E-state index contributed by atoms with van der Waals surface area (Å²) in [7, 11) is 0. The number of nitrogens with one attached hydrogen (secondary N) is 1. The van der Waals surface area contributed by atoms with Gasteiger partial charge in [-0.2, -0.15) is 0 Å². The Morgan fingerprint density at radius 1 is 0.938 bits per heavy atom. The van der Waals surface area contributed by atoms with Crippen molar-refractivity contribution < 1.29 is 14.3 Å². The van der Waals surface area contributed by atoms with E-state index in [2.05, 4.69) is 86.4 Å². The van der Waals surface area contributed by atoms with E-state index < -0.39 is 18.1 Å². The Bertz CT molecular complexity index is 1350. The van der Waals surface area contributed by atoms with Crippen molar-refractivity contribution in [3.63, 3.8) is 0 Å². The first-order chi connectivity index (χ1) is 22.3. The topological polar surface area (TPSA) is 49.3 Å². The second kappa shape index (κ2) is 12.1. The Kier molecular flexibility index (Phi) is 9.16. The number of hydrogen-bond donors (Lipinski definition) is 2. The molecule has 0 radical (unpaired) electrons. The fourth-order valence-electron chi connectivity index (χ4n) is 14.1. The van der Waals surface area contributed by atoms with Gasteiger partial charge in [0.05, 0.1) is 5.41 Å². The minimum atomic E-state index is -1.24. The highest BCUT2D eigenvalue weighted by Gasteiger charge is 2.70. The molecule has 3 nitrogen and oxygen atoms in total. The highest BCUT2D eigenvalue weighted by molar-refractivity contribution is 5.75. The van der Waals surface area contributed by atoms with E-state index in [1.54, 1.807) is 0 Å². The van der Waals surface area contributed by atoms with Crippen LogP contribution in [0.2, 0.25) is 0 Å². The molecule has 4 fully saturated rings. The summed E-state index contributed by atoms with van der Waals surface area (Å²) in [5.74, 6) is 2.39. The van der Waals surface area contributed by atoms with Crippen LogP contribution in [0.1, 0.15) is 152 Å². The molecule has 6 aliphatic rings. The molecular formula is C44H70FNO2. The molecule has 4 saturated carbocycles. The number of aliphatic carboxylic acids is 1. The van der Waals surface area contributed by atoms with E-state index in [1.807, 2.05) is 0 Å². The second-order valence-corrected chi connectivity index (χ2v) is 20.6. The standard InChI is InChI=1S/C44H70FNO2/c1-29(2)31-16-24-44(46-27-11-19-38(3,4)5)26-25-41(9)33(36(31)44)12-13-35-40(8)20-17-32(39(6,7)34(40)18-21-42(35,41)10)30-14-22-43(28-45,23-15-30)37(47)48/h14,17,31,33-36,46H,1,11-13,15-16,18-28H2,2-10H3,(H,47,48)/t31-,33+,34-,35+,36+,40-,41+,42+,43-,44-/m0/s1. The van der Waals surface area contributed by atoms with Gasteiger partial charge in [0.25, 0.3) is 0 Å². The molecule has 6 rings (SSSR count). The van der Waals surface area contributed by atoms with Gasteiger partial charge in [-0.05, 0) is 171 Å². The quantitative estimate of drug-likeness (QED) is 0.201. The fourth-order valence-corrected chi connectivity index (χ4v) is 14.1. The second-order valence-electron chi connectivity index (χ2n) is 20.6. The molecule has 10 atom stereocenters. The van der Waals surface area contributed by atoms with Crippen molar-refractivity contribution in [2.75, 3.05) is 13.2 Å². The third-order valence-electron chi connectivity index (χ3n) is 16.9. The summed E-state index contributed by atoms with van der Waals surface area (Å²) in [6.07, 6.45) is 20.2. The van der Waals surface area contributed by atoms with Gasteiger partial charge in [-0.15, -0.1) is 0 Å². The van der Waals surface area contributed by atoms with Crippen molar-refractivity contribution in [2.45, 2.75) is 158 Å². The van der Waals surface area contributed by atoms with Gasteiger partial charge in [0, 0.05) is 5.54 Å². The summed E-state index contributed by atoms with van der Waals surface area (Å²) in [5, 5.41) is 14.1. The molecule has 0 aliphatic heterocycles. The largest absolute Gasteiger partial charge is 0.481 e. The summed E-state index contributed by atoms with van der Waals surface area (Å²) < 4.78 is 14.0. The molecule has 0 amide bonds. The number of carbonyl (C=O) groups is 1. The van der Waals surface area contributed by atoms with Crippen LogP contribution in [0.5, 0.6) is 0 Å². The van der Waals surface area contributed by atoms with Crippen LogP contribution < -0.4 is 5.32 Å². The van der Waals surface area contributed by atoms with Crippen LogP contribution in [0.15, 0.2) is 35.5 Å². The van der Waals surface area contributed by atoms with Gasteiger partial charge in [0.2, 0.25) is 0 Å². The molecular weight excluding hydrogens is 593 g/mol. The fraction of sp³-hybridized carbons (Fsp3) is 0.841. The van der Waals surface area contributed by atoms with Crippen LogP contribution in [-0.4, -0.2) is 29.8 Å². The normalized spacial score (nSPS) is 45.2. The molecule has 4 heteroatoms. The number of carboxylic acid groups (broad SMARTS) is 1. The molecule has 0 unspecified atom stereocenters. The third-order valence-corrected chi connectivity index (χ3v) is 16.9. The van der Waals surface area contributed by atoms with Gasteiger partial charge in [-0.25, -0.2) is 4.39 Å². The molecule has 0 aromatic heterocycles. The summed E-state index contributed by atoms with van der Waals surface area (Å²) in [6, 6.07) is 0. The Morgan fingerprint density at radius 2 is 1.67 bits per heavy atom. The molecule has 0 spiro atoms. The summed E-state index contributed by atoms with van der Waals surface area (Å²) in [4.78, 5) is 12.0. The number of halogens is 1. The SMILES string of the molecule is C=C(C)[C@@H]1CC[C@]2(NCCCC(C)(C)C)CC[C@]3(C)[C@H](CC[C@@H]4[C@@]5(C)CC=C(C6=CC[C@](CF)(C(=O)O)CC6)C(C)(C)[C@@H]5CC[C@]43C)[C@@H]12. The molecule has 48 heavy (non-hydrogen) atoms. The Morgan fingerprint density at radius 3 is 2.27 bits per heavy atom. The Labute approximate surface area is 293 Å². The van der Waals surface area contributed by atoms with Crippen molar-refractivity contribution in [1.82, 2.24) is 5.32 Å². The lowest BCUT2D eigenvalue weighted by Crippen LogP contribution is -2.68. The maximum Gasteiger partial charge on any atom is 0.312 e. The lowest BCUT2D eigenvalue weighted by Gasteiger charge is -2.72. The highest BCUT2D eigenvalue weighted by Crippen LogP contribution is 2.76. The average Bonchev–Trinajstić information content (AvgIpc) is 3.39. The van der Waals surface area contributed by atoms with Crippen molar-refractivity contribution in [1.29, 1.82) is 0 Å². The third kappa shape index (κ3) is 5.37. The van der Waals surface area contributed by atoms with Crippen LogP contribution in [0, 0.1) is 62.1 Å². The maximum absolute atomic E-state index is 14.0. The van der Waals surface area contributed by atoms with Crippen LogP contribution in [0.3, 0.4) is 0 Å². The summed E-state index contributed by atoms with van der Waals surface area (Å²) in [5.41, 5.74) is 4.48. The number of allylic oxidation sites excluding steroid dienone is 5. The van der Waals surface area contributed by atoms with E-state index in [9.17, 15) is 14.3 Å². The smallest absolute Gasteiger partial charge is 0.312 e. The zero-order valence-corrected chi connectivity index (χ0v) is 32.3. The zero-order chi connectivity index (χ0) is 35.1. The van der Waals surface area contributed by atoms with Crippen LogP contribution >= 0.6 is 0 Å². The maximum atomic E-state index is 14.0. The van der Waals surface area contributed by atoms with Gasteiger partial charge in [-0.1, -0.05) is 79.7 Å². The number of fused-ring (bicyclic) bond motifs is 7. The van der Waals surface area contributed by atoms with Gasteiger partial charge in [0.1, 0.15) is 6.67 Å². The Hall–Kier alpha value is -1.42. The molecule has 6 aliphatic carbocycles. The first-order valence-electron chi connectivity index (χ1n) is 19.9. The first kappa shape index (κ1) is 36.4. The molecule has 0 bridgehead atoms. The van der Waals surface area contributed by atoms with Gasteiger partial charge < -0.3 is 10.4 Å². The lowest BCUT2D eigenvalue weighted by molar-refractivity contribution is -0.221. The van der Waals surface area contributed by atoms with E-state index in [4.69, 9.17) is 0 Å². The van der Waals surface area contributed by atoms with Crippen LogP contribution in [0.25, 0.3) is 0 Å². The van der Waals surface area contributed by atoms with E-state index >= 15 is 0 Å². The molecule has 270 valence electrons. The van der Waals surface area contributed by atoms with Crippen molar-refractivity contribution in [3.05, 3.63) is 35.5 Å². The summed E-state index contributed by atoms with van der Waals surface area (Å²) in [6.45, 7) is 27.5. The van der Waals surface area contributed by atoms with E-state index in [1.165, 1.54) is 80.9 Å². The number of hydrogen-bond acceptors (Lipinski definition) is 2. The minimum Gasteiger partial charge on any atom is -0.481 e. The molecule has 2 N–H and O–H groups in total. The average molecular weight is 664 g/mol. The molecule has 0 heterocycles. The molecule has 0 aromatic rings. The highest BCUT2D eigenvalue weighted by atomic mass is 19.1. The van der Waals surface area contributed by atoms with Crippen molar-refractivity contribution in [3.8, 4) is 0 Å². The zero-order valence-electron chi connectivity index (χ0n) is 32.3. The van der Waals surface area contributed by atoms with Crippen LogP contribution in [0.4, 0.5) is 4.39 Å². The van der Waals surface area contributed by atoms with E-state index in [0.29, 0.717) is 59.2 Å². The van der Waals surface area contributed by atoms with Gasteiger partial charge in [-0.3, -0.25) is 4.79 Å². The van der Waals surface area contributed by atoms with Gasteiger partial charge >= 0.3 is 5.97 Å². The number of carboxylic acids is 1. The monoisotopic (exact) mass is 664 g/mol. The van der Waals surface area contributed by atoms with Crippen molar-refractivity contribution in [2.24, 2.45) is 62.1 Å². The minimum absolute atomic E-state index is 0.0199. The molecule has 0 saturated heterocycles. The molecule has 0 aromatic carbocycles. The van der Waals surface area contributed by atoms with Crippen molar-refractivity contribution >= 4 is 5.97 Å². The number of alkyl halides is 1. The predicted octanol–water partition coefficient (Wildman–Crippen LogP) is 11.5. The van der Waals surface area contributed by atoms with E-state index in [-0.39, 0.29) is 16.4 Å². The number of rotatable bonds is 8. The predicted molar refractivity (Wildman–Crippen MR) is 197 cm³/mol. The lowest BCUT2D eigenvalue weighted by atomic mass is 9.33. The Balaban J connectivity index is 1.28.